The molecule has 0 amide bonds. The first-order valence-electron chi connectivity index (χ1n) is 5.79. The van der Waals surface area contributed by atoms with Crippen LogP contribution in [0.3, 0.4) is 0 Å². The fraction of sp³-hybridized carbons (Fsp3) is 0.909. The van der Waals surface area contributed by atoms with E-state index in [-0.39, 0.29) is 6.54 Å². The summed E-state index contributed by atoms with van der Waals surface area (Å²) in [5.74, 6) is -0.169. The summed E-state index contributed by atoms with van der Waals surface area (Å²) < 4.78 is 5.41. The zero-order valence-corrected chi connectivity index (χ0v) is 9.02. The lowest BCUT2D eigenvalue weighted by Crippen LogP contribution is -2.38. The van der Waals surface area contributed by atoms with Gasteiger partial charge in [-0.3, -0.25) is 9.69 Å². The number of aliphatic carboxylic acids is 1. The maximum atomic E-state index is 10.7. The van der Waals surface area contributed by atoms with Gasteiger partial charge in [0.25, 0.3) is 0 Å². The van der Waals surface area contributed by atoms with Crippen LogP contribution in [-0.2, 0) is 9.53 Å². The number of carboxylic acid groups (broad SMARTS) is 1. The van der Waals surface area contributed by atoms with Gasteiger partial charge >= 0.3 is 5.97 Å². The van der Waals surface area contributed by atoms with E-state index in [4.69, 9.17) is 9.84 Å². The van der Waals surface area contributed by atoms with Crippen molar-refractivity contribution in [2.75, 3.05) is 26.3 Å². The van der Waals surface area contributed by atoms with Crippen molar-refractivity contribution in [2.24, 2.45) is 5.92 Å². The van der Waals surface area contributed by atoms with E-state index in [9.17, 15) is 4.79 Å². The van der Waals surface area contributed by atoms with Gasteiger partial charge in [0.1, 0.15) is 0 Å². The molecule has 2 rings (SSSR count). The van der Waals surface area contributed by atoms with Gasteiger partial charge in [0.2, 0.25) is 0 Å². The van der Waals surface area contributed by atoms with E-state index in [0.717, 1.165) is 26.2 Å². The Morgan fingerprint density at radius 2 is 2.20 bits per heavy atom. The Balaban J connectivity index is 1.79. The first-order valence-corrected chi connectivity index (χ1v) is 5.79. The van der Waals surface area contributed by atoms with Gasteiger partial charge < -0.3 is 9.84 Å². The predicted molar refractivity (Wildman–Crippen MR) is 55.8 cm³/mol. The normalized spacial score (nSPS) is 26.9. The highest BCUT2D eigenvalue weighted by molar-refractivity contribution is 5.69. The second-order valence-electron chi connectivity index (χ2n) is 4.64. The molecule has 86 valence electrons. The molecule has 4 heteroatoms. The molecular weight excluding hydrogens is 194 g/mol. The molecule has 0 radical (unpaired) electrons. The Morgan fingerprint density at radius 1 is 1.40 bits per heavy atom. The maximum absolute atomic E-state index is 10.7. The Labute approximate surface area is 90.2 Å². The van der Waals surface area contributed by atoms with Crippen molar-refractivity contribution in [1.82, 2.24) is 4.90 Å². The van der Waals surface area contributed by atoms with Crippen molar-refractivity contribution in [3.8, 4) is 0 Å². The standard InChI is InChI=1S/C11H19NO3/c13-11(14)7-12(10-3-4-10)6-9-2-1-5-15-8-9/h9-10H,1-8H2,(H,13,14). The monoisotopic (exact) mass is 213 g/mol. The van der Waals surface area contributed by atoms with Gasteiger partial charge in [-0.15, -0.1) is 0 Å². The summed E-state index contributed by atoms with van der Waals surface area (Å²) in [4.78, 5) is 12.8. The number of ether oxygens (including phenoxy) is 1. The third-order valence-corrected chi connectivity index (χ3v) is 3.15. The maximum Gasteiger partial charge on any atom is 0.317 e. The van der Waals surface area contributed by atoms with Crippen LogP contribution < -0.4 is 0 Å². The molecule has 0 bridgehead atoms. The summed E-state index contributed by atoms with van der Waals surface area (Å²) in [7, 11) is 0. The smallest absolute Gasteiger partial charge is 0.317 e. The lowest BCUT2D eigenvalue weighted by atomic mass is 10.0. The Kier molecular flexibility index (Phi) is 3.59. The van der Waals surface area contributed by atoms with Crippen molar-refractivity contribution < 1.29 is 14.6 Å². The fourth-order valence-corrected chi connectivity index (χ4v) is 2.24. The quantitative estimate of drug-likeness (QED) is 0.739. The number of carboxylic acids is 1. The van der Waals surface area contributed by atoms with Crippen LogP contribution in [0.15, 0.2) is 0 Å². The van der Waals surface area contributed by atoms with Crippen molar-refractivity contribution in [2.45, 2.75) is 31.7 Å². The van der Waals surface area contributed by atoms with Crippen LogP contribution in [0.1, 0.15) is 25.7 Å². The Hall–Kier alpha value is -0.610. The van der Waals surface area contributed by atoms with Crippen molar-refractivity contribution in [3.05, 3.63) is 0 Å². The molecule has 1 aliphatic carbocycles. The van der Waals surface area contributed by atoms with Gasteiger partial charge in [0.15, 0.2) is 0 Å². The first kappa shape index (κ1) is 10.9. The number of hydrogen-bond donors (Lipinski definition) is 1. The second-order valence-corrected chi connectivity index (χ2v) is 4.64. The lowest BCUT2D eigenvalue weighted by molar-refractivity contribution is -0.138. The molecule has 1 heterocycles. The van der Waals surface area contributed by atoms with Crippen LogP contribution in [0.25, 0.3) is 0 Å². The van der Waals surface area contributed by atoms with Gasteiger partial charge in [0.05, 0.1) is 13.2 Å². The molecule has 1 N–H and O–H groups in total. The molecule has 1 saturated carbocycles. The third kappa shape index (κ3) is 3.47. The van der Waals surface area contributed by atoms with Crippen LogP contribution >= 0.6 is 0 Å². The minimum absolute atomic E-state index is 0.196. The minimum Gasteiger partial charge on any atom is -0.480 e. The summed E-state index contributed by atoms with van der Waals surface area (Å²) in [6.07, 6.45) is 4.64. The second kappa shape index (κ2) is 4.94. The zero-order chi connectivity index (χ0) is 10.7. The van der Waals surface area contributed by atoms with Crippen LogP contribution in [0, 0.1) is 5.92 Å². The molecule has 1 atom stereocenters. The van der Waals surface area contributed by atoms with Gasteiger partial charge in [-0.2, -0.15) is 0 Å². The van der Waals surface area contributed by atoms with E-state index in [1.165, 1.54) is 19.3 Å². The average Bonchev–Trinajstić information content (AvgIpc) is 3.01. The molecule has 1 unspecified atom stereocenters. The number of carbonyl (C=O) groups is 1. The van der Waals surface area contributed by atoms with Crippen molar-refractivity contribution in [1.29, 1.82) is 0 Å². The molecule has 1 saturated heterocycles. The molecular formula is C11H19NO3. The third-order valence-electron chi connectivity index (χ3n) is 3.15. The number of nitrogens with zero attached hydrogens (tertiary/aromatic N) is 1. The average molecular weight is 213 g/mol. The fourth-order valence-electron chi connectivity index (χ4n) is 2.24. The highest BCUT2D eigenvalue weighted by atomic mass is 16.5. The SMILES string of the molecule is O=C(O)CN(CC1CCCOC1)C1CC1. The molecule has 0 aromatic carbocycles. The van der Waals surface area contributed by atoms with Gasteiger partial charge in [-0.1, -0.05) is 0 Å². The summed E-state index contributed by atoms with van der Waals surface area (Å²) in [6.45, 7) is 2.78. The van der Waals surface area contributed by atoms with Crippen LogP contribution in [0.2, 0.25) is 0 Å². The molecule has 0 aromatic rings. The van der Waals surface area contributed by atoms with Gasteiger partial charge in [-0.05, 0) is 31.6 Å². The highest BCUT2D eigenvalue weighted by Crippen LogP contribution is 2.28. The largest absolute Gasteiger partial charge is 0.480 e. The summed E-state index contributed by atoms with van der Waals surface area (Å²) in [5, 5.41) is 8.82. The van der Waals surface area contributed by atoms with E-state index >= 15 is 0 Å². The highest BCUT2D eigenvalue weighted by Gasteiger charge is 2.32. The molecule has 2 aliphatic rings. The number of hydrogen-bond acceptors (Lipinski definition) is 3. The molecule has 0 spiro atoms. The summed E-state index contributed by atoms with van der Waals surface area (Å²) in [5.41, 5.74) is 0. The lowest BCUT2D eigenvalue weighted by Gasteiger charge is -2.28. The minimum atomic E-state index is -0.710. The number of rotatable bonds is 5. The van der Waals surface area contributed by atoms with Crippen LogP contribution in [-0.4, -0.2) is 48.3 Å². The van der Waals surface area contributed by atoms with E-state index in [1.54, 1.807) is 0 Å². The van der Waals surface area contributed by atoms with Crippen LogP contribution in [0.4, 0.5) is 0 Å². The summed E-state index contributed by atoms with van der Waals surface area (Å²) in [6, 6.07) is 0.531. The van der Waals surface area contributed by atoms with Gasteiger partial charge in [-0.25, -0.2) is 0 Å². The van der Waals surface area contributed by atoms with Crippen molar-refractivity contribution >= 4 is 5.97 Å². The van der Waals surface area contributed by atoms with Crippen molar-refractivity contribution in [3.63, 3.8) is 0 Å². The Morgan fingerprint density at radius 3 is 2.73 bits per heavy atom. The van der Waals surface area contributed by atoms with E-state index in [0.29, 0.717) is 12.0 Å². The first-order chi connectivity index (χ1) is 7.25. The topological polar surface area (TPSA) is 49.8 Å². The molecule has 2 fully saturated rings. The van der Waals surface area contributed by atoms with E-state index < -0.39 is 5.97 Å². The molecule has 1 aliphatic heterocycles. The summed E-state index contributed by atoms with van der Waals surface area (Å²) >= 11 is 0. The van der Waals surface area contributed by atoms with Crippen LogP contribution in [0.5, 0.6) is 0 Å². The zero-order valence-electron chi connectivity index (χ0n) is 9.02. The molecule has 4 nitrogen and oxygen atoms in total. The predicted octanol–water partition coefficient (Wildman–Crippen LogP) is 0.962. The van der Waals surface area contributed by atoms with Gasteiger partial charge in [0, 0.05) is 19.2 Å². The Bertz CT molecular complexity index is 222. The molecule has 0 aromatic heterocycles. The van der Waals surface area contributed by atoms with E-state index in [1.807, 2.05) is 0 Å². The van der Waals surface area contributed by atoms with E-state index in [2.05, 4.69) is 4.90 Å². The molecule has 15 heavy (non-hydrogen) atoms.